The fraction of sp³-hybridized carbons (Fsp3) is 0.385. The highest BCUT2D eigenvalue weighted by molar-refractivity contribution is 14.1. The molecule has 0 unspecified atom stereocenters. The van der Waals surface area contributed by atoms with Gasteiger partial charge in [-0.2, -0.15) is 0 Å². The minimum atomic E-state index is 0.606. The van der Waals surface area contributed by atoms with Crippen molar-refractivity contribution in [2.75, 3.05) is 18.4 Å². The fourth-order valence-corrected chi connectivity index (χ4v) is 3.04. The second-order valence-electron chi connectivity index (χ2n) is 4.55. The maximum Gasteiger partial charge on any atom is 0.0783 e. The van der Waals surface area contributed by atoms with E-state index >= 15 is 0 Å². The van der Waals surface area contributed by atoms with Crippen molar-refractivity contribution in [3.63, 3.8) is 0 Å². The molecule has 1 fully saturated rings. The molecular formula is C13H16IN3. The van der Waals surface area contributed by atoms with E-state index in [9.17, 15) is 0 Å². The first-order valence-corrected chi connectivity index (χ1v) is 7.15. The number of aromatic nitrogens is 1. The monoisotopic (exact) mass is 341 g/mol. The smallest absolute Gasteiger partial charge is 0.0783 e. The SMILES string of the molecule is Ic1cc2c(NC3CCNCC3)cccc2[nH]1. The third-order valence-corrected chi connectivity index (χ3v) is 3.91. The van der Waals surface area contributed by atoms with Crippen molar-refractivity contribution in [3.05, 3.63) is 28.0 Å². The van der Waals surface area contributed by atoms with E-state index < -0.39 is 0 Å². The Morgan fingerprint density at radius 1 is 1.24 bits per heavy atom. The molecule has 17 heavy (non-hydrogen) atoms. The largest absolute Gasteiger partial charge is 0.382 e. The average Bonchev–Trinajstić information content (AvgIpc) is 2.72. The van der Waals surface area contributed by atoms with Crippen molar-refractivity contribution in [1.29, 1.82) is 0 Å². The highest BCUT2D eigenvalue weighted by atomic mass is 127. The number of nitrogens with one attached hydrogen (secondary N) is 3. The zero-order chi connectivity index (χ0) is 11.7. The quantitative estimate of drug-likeness (QED) is 0.735. The maximum absolute atomic E-state index is 3.67. The summed E-state index contributed by atoms with van der Waals surface area (Å²) in [5.41, 5.74) is 2.47. The van der Waals surface area contributed by atoms with Gasteiger partial charge in [-0.15, -0.1) is 0 Å². The average molecular weight is 341 g/mol. The number of anilines is 1. The maximum atomic E-state index is 3.67. The standard InChI is InChI=1S/C13H16IN3/c14-13-8-10-11(2-1-3-12(10)17-13)16-9-4-6-15-7-5-9/h1-3,8-9,15-17H,4-7H2. The lowest BCUT2D eigenvalue weighted by Gasteiger charge is -2.25. The topological polar surface area (TPSA) is 39.8 Å². The van der Waals surface area contributed by atoms with E-state index in [0.29, 0.717) is 6.04 Å². The van der Waals surface area contributed by atoms with Crippen LogP contribution in [-0.4, -0.2) is 24.1 Å². The number of rotatable bonds is 2. The van der Waals surface area contributed by atoms with Crippen molar-refractivity contribution in [3.8, 4) is 0 Å². The second-order valence-corrected chi connectivity index (χ2v) is 5.71. The third kappa shape index (κ3) is 2.42. The van der Waals surface area contributed by atoms with Gasteiger partial charge in [0.05, 0.1) is 3.70 Å². The van der Waals surface area contributed by atoms with Crippen LogP contribution in [-0.2, 0) is 0 Å². The first-order chi connectivity index (χ1) is 8.33. The first kappa shape index (κ1) is 11.3. The number of aromatic amines is 1. The van der Waals surface area contributed by atoms with Crippen LogP contribution < -0.4 is 10.6 Å². The molecule has 0 saturated carbocycles. The van der Waals surface area contributed by atoms with Gasteiger partial charge in [0, 0.05) is 22.6 Å². The molecule has 0 aliphatic carbocycles. The van der Waals surface area contributed by atoms with Crippen LogP contribution in [0, 0.1) is 3.70 Å². The lowest BCUT2D eigenvalue weighted by atomic mass is 10.1. The van der Waals surface area contributed by atoms with Crippen molar-refractivity contribution >= 4 is 39.2 Å². The van der Waals surface area contributed by atoms with Gasteiger partial charge in [0.15, 0.2) is 0 Å². The summed E-state index contributed by atoms with van der Waals surface area (Å²) in [6, 6.07) is 9.23. The van der Waals surface area contributed by atoms with Gasteiger partial charge in [0.2, 0.25) is 0 Å². The van der Waals surface area contributed by atoms with Crippen molar-refractivity contribution in [1.82, 2.24) is 10.3 Å². The van der Waals surface area contributed by atoms with Gasteiger partial charge >= 0.3 is 0 Å². The van der Waals surface area contributed by atoms with Gasteiger partial charge in [-0.3, -0.25) is 0 Å². The zero-order valence-electron chi connectivity index (χ0n) is 9.59. The number of fused-ring (bicyclic) bond motifs is 1. The number of halogens is 1. The molecule has 2 aromatic rings. The molecule has 3 nitrogen and oxygen atoms in total. The molecule has 1 aromatic carbocycles. The van der Waals surface area contributed by atoms with Crippen LogP contribution in [0.4, 0.5) is 5.69 Å². The summed E-state index contributed by atoms with van der Waals surface area (Å²) in [4.78, 5) is 3.37. The molecular weight excluding hydrogens is 325 g/mol. The molecule has 1 aromatic heterocycles. The van der Waals surface area contributed by atoms with Gasteiger partial charge in [-0.25, -0.2) is 0 Å². The number of hydrogen-bond acceptors (Lipinski definition) is 2. The number of benzene rings is 1. The second kappa shape index (κ2) is 4.86. The van der Waals surface area contributed by atoms with E-state index in [0.717, 1.165) is 13.1 Å². The Bertz CT molecular complexity index is 514. The van der Waals surface area contributed by atoms with Gasteiger partial charge in [0.25, 0.3) is 0 Å². The summed E-state index contributed by atoms with van der Waals surface area (Å²) in [7, 11) is 0. The van der Waals surface area contributed by atoms with E-state index in [1.54, 1.807) is 0 Å². The summed E-state index contributed by atoms with van der Waals surface area (Å²) in [6.07, 6.45) is 2.41. The van der Waals surface area contributed by atoms with Crippen LogP contribution in [0.15, 0.2) is 24.3 Å². The molecule has 90 valence electrons. The lowest BCUT2D eigenvalue weighted by Crippen LogP contribution is -2.35. The van der Waals surface area contributed by atoms with E-state index in [2.05, 4.69) is 62.5 Å². The van der Waals surface area contributed by atoms with Gasteiger partial charge in [-0.1, -0.05) is 6.07 Å². The normalized spacial score (nSPS) is 17.5. The van der Waals surface area contributed by atoms with Crippen LogP contribution in [0.2, 0.25) is 0 Å². The van der Waals surface area contributed by atoms with Crippen LogP contribution in [0.25, 0.3) is 10.9 Å². The molecule has 3 rings (SSSR count). The van der Waals surface area contributed by atoms with E-state index in [-0.39, 0.29) is 0 Å². The number of piperidine rings is 1. The Morgan fingerprint density at radius 3 is 2.88 bits per heavy atom. The minimum Gasteiger partial charge on any atom is -0.382 e. The summed E-state index contributed by atoms with van der Waals surface area (Å²) in [5, 5.41) is 8.37. The van der Waals surface area contributed by atoms with Crippen LogP contribution in [0.5, 0.6) is 0 Å². The highest BCUT2D eigenvalue weighted by Gasteiger charge is 2.13. The Balaban J connectivity index is 1.88. The molecule has 4 heteroatoms. The molecule has 3 N–H and O–H groups in total. The van der Waals surface area contributed by atoms with Crippen molar-refractivity contribution < 1.29 is 0 Å². The zero-order valence-corrected chi connectivity index (χ0v) is 11.8. The van der Waals surface area contributed by atoms with Crippen LogP contribution in [0.3, 0.4) is 0 Å². The minimum absolute atomic E-state index is 0.606. The van der Waals surface area contributed by atoms with Crippen molar-refractivity contribution in [2.24, 2.45) is 0 Å². The molecule has 2 heterocycles. The highest BCUT2D eigenvalue weighted by Crippen LogP contribution is 2.26. The Hall–Kier alpha value is -0.750. The molecule has 1 aliphatic heterocycles. The van der Waals surface area contributed by atoms with E-state index in [4.69, 9.17) is 0 Å². The Morgan fingerprint density at radius 2 is 2.06 bits per heavy atom. The Labute approximate surface area is 115 Å². The molecule has 1 aliphatic rings. The molecule has 0 atom stereocenters. The molecule has 0 amide bonds. The van der Waals surface area contributed by atoms with E-state index in [1.807, 2.05) is 0 Å². The summed E-state index contributed by atoms with van der Waals surface area (Å²) < 4.78 is 1.19. The van der Waals surface area contributed by atoms with Crippen LogP contribution in [0.1, 0.15) is 12.8 Å². The van der Waals surface area contributed by atoms with Gasteiger partial charge in [0.1, 0.15) is 0 Å². The molecule has 0 radical (unpaired) electrons. The summed E-state index contributed by atoms with van der Waals surface area (Å²) >= 11 is 2.33. The fourth-order valence-electron chi connectivity index (χ4n) is 2.43. The Kier molecular flexibility index (Phi) is 3.24. The summed E-state index contributed by atoms with van der Waals surface area (Å²) in [5.74, 6) is 0. The molecule has 1 saturated heterocycles. The predicted molar refractivity (Wildman–Crippen MR) is 80.5 cm³/mol. The van der Waals surface area contributed by atoms with Gasteiger partial charge < -0.3 is 15.6 Å². The third-order valence-electron chi connectivity index (χ3n) is 3.33. The number of H-pyrrole nitrogens is 1. The molecule has 0 bridgehead atoms. The predicted octanol–water partition coefficient (Wildman–Crippen LogP) is 2.94. The molecule has 0 spiro atoms. The van der Waals surface area contributed by atoms with Gasteiger partial charge in [-0.05, 0) is 66.7 Å². The number of hydrogen-bond donors (Lipinski definition) is 3. The first-order valence-electron chi connectivity index (χ1n) is 6.07. The van der Waals surface area contributed by atoms with E-state index in [1.165, 1.54) is 33.1 Å². The van der Waals surface area contributed by atoms with Crippen molar-refractivity contribution in [2.45, 2.75) is 18.9 Å². The summed E-state index contributed by atoms with van der Waals surface area (Å²) in [6.45, 7) is 2.25. The lowest BCUT2D eigenvalue weighted by molar-refractivity contribution is 0.479. The van der Waals surface area contributed by atoms with Crippen LogP contribution >= 0.6 is 22.6 Å².